The van der Waals surface area contributed by atoms with E-state index in [1.807, 2.05) is 4.90 Å². The number of halogens is 1. The van der Waals surface area contributed by atoms with Crippen molar-refractivity contribution in [1.82, 2.24) is 0 Å². The molecule has 1 nitrogen and oxygen atoms in total. The molecule has 1 heterocycles. The molecule has 1 N–H and O–H groups in total. The fourth-order valence-corrected chi connectivity index (χ4v) is 1.55. The molecule has 0 aromatic carbocycles. The van der Waals surface area contributed by atoms with E-state index < -0.39 is 0 Å². The summed E-state index contributed by atoms with van der Waals surface area (Å²) >= 11 is 0. The highest BCUT2D eigenvalue weighted by molar-refractivity contribution is 4.44. The van der Waals surface area contributed by atoms with Gasteiger partial charge < -0.3 is 9.60 Å². The van der Waals surface area contributed by atoms with Crippen LogP contribution in [0.1, 0.15) is 32.6 Å². The first-order chi connectivity index (χ1) is 4.43. The van der Waals surface area contributed by atoms with Crippen LogP contribution in [0, 0.1) is 0 Å². The van der Waals surface area contributed by atoms with Gasteiger partial charge in [-0.25, -0.2) is 0 Å². The summed E-state index contributed by atoms with van der Waals surface area (Å²) < 4.78 is 0. The summed E-state index contributed by atoms with van der Waals surface area (Å²) in [4.78, 5) is 1.84. The molecule has 1 aliphatic heterocycles. The second-order valence-corrected chi connectivity index (χ2v) is 3.06. The lowest BCUT2D eigenvalue weighted by atomic mass is 10.3. The second-order valence-electron chi connectivity index (χ2n) is 3.06. The molecule has 0 aromatic heterocycles. The molecule has 0 aliphatic carbocycles. The minimum Gasteiger partial charge on any atom is -1.00 e. The molecule has 1 fully saturated rings. The van der Waals surface area contributed by atoms with Crippen LogP contribution in [0.5, 0.6) is 0 Å². The van der Waals surface area contributed by atoms with E-state index in [1.54, 1.807) is 0 Å². The first-order valence-electron chi connectivity index (χ1n) is 4.27. The third-order valence-corrected chi connectivity index (χ3v) is 2.19. The van der Waals surface area contributed by atoms with Gasteiger partial charge in [-0.2, -0.15) is 0 Å². The van der Waals surface area contributed by atoms with Crippen LogP contribution >= 0.6 is 0 Å². The van der Waals surface area contributed by atoms with E-state index >= 15 is 0 Å². The van der Waals surface area contributed by atoms with Gasteiger partial charge in [-0.05, 0) is 6.42 Å². The molecule has 0 spiro atoms. The van der Waals surface area contributed by atoms with Crippen molar-refractivity contribution in [2.24, 2.45) is 0 Å². The molecule has 1 rings (SSSR count). The standard InChI is InChI=1S/C8H17N.FH/c1-2-3-6-9-7-4-5-8-9;/h2-8H2,1H3;1H. The first-order valence-corrected chi connectivity index (χ1v) is 4.27. The Morgan fingerprint density at radius 3 is 2.30 bits per heavy atom. The summed E-state index contributed by atoms with van der Waals surface area (Å²) in [6, 6.07) is 0. The van der Waals surface area contributed by atoms with Crippen molar-refractivity contribution in [3.05, 3.63) is 0 Å². The summed E-state index contributed by atoms with van der Waals surface area (Å²) in [5.74, 6) is 0. The molecule has 62 valence electrons. The Labute approximate surface area is 62.8 Å². The first kappa shape index (κ1) is 9.89. The van der Waals surface area contributed by atoms with Gasteiger partial charge in [0.15, 0.2) is 0 Å². The average Bonchev–Trinajstić information content (AvgIpc) is 2.34. The van der Waals surface area contributed by atoms with Gasteiger partial charge in [0.1, 0.15) is 0 Å². The van der Waals surface area contributed by atoms with Crippen molar-refractivity contribution in [3.63, 3.8) is 0 Å². The number of quaternary nitrogens is 1. The van der Waals surface area contributed by atoms with Crippen LogP contribution in [0.2, 0.25) is 0 Å². The summed E-state index contributed by atoms with van der Waals surface area (Å²) in [6.07, 6.45) is 5.73. The molecular formula is C8H18FN. The van der Waals surface area contributed by atoms with Gasteiger partial charge >= 0.3 is 0 Å². The molecular weight excluding hydrogens is 129 g/mol. The van der Waals surface area contributed by atoms with Crippen LogP contribution in [0.25, 0.3) is 0 Å². The van der Waals surface area contributed by atoms with Gasteiger partial charge in [0.2, 0.25) is 0 Å². The molecule has 0 atom stereocenters. The zero-order valence-corrected chi connectivity index (χ0v) is 6.83. The summed E-state index contributed by atoms with van der Waals surface area (Å²) in [5.41, 5.74) is 0. The van der Waals surface area contributed by atoms with Gasteiger partial charge in [0.05, 0.1) is 19.6 Å². The Kier molecular flexibility index (Phi) is 5.60. The van der Waals surface area contributed by atoms with Crippen molar-refractivity contribution < 1.29 is 9.60 Å². The topological polar surface area (TPSA) is 4.44 Å². The lowest BCUT2D eigenvalue weighted by molar-refractivity contribution is -0.887. The molecule has 0 saturated carbocycles. The fourth-order valence-electron chi connectivity index (χ4n) is 1.55. The second kappa shape index (κ2) is 5.66. The highest BCUT2D eigenvalue weighted by Crippen LogP contribution is 1.88. The number of unbranched alkanes of at least 4 members (excludes halogenated alkanes) is 1. The van der Waals surface area contributed by atoms with E-state index in [2.05, 4.69) is 6.92 Å². The van der Waals surface area contributed by atoms with Gasteiger partial charge in [0.25, 0.3) is 0 Å². The summed E-state index contributed by atoms with van der Waals surface area (Å²) in [7, 11) is 0. The van der Waals surface area contributed by atoms with E-state index in [1.165, 1.54) is 45.3 Å². The Morgan fingerprint density at radius 2 is 1.80 bits per heavy atom. The number of rotatable bonds is 3. The Bertz CT molecular complexity index is 69.7. The zero-order valence-electron chi connectivity index (χ0n) is 6.83. The maximum absolute atomic E-state index is 2.27. The normalized spacial score (nSPS) is 18.9. The Morgan fingerprint density at radius 1 is 1.20 bits per heavy atom. The SMILES string of the molecule is CCCC[NH+]1CCCC1.[F-]. The molecule has 0 aromatic rings. The Balaban J connectivity index is 0.000000810. The molecule has 2 heteroatoms. The number of likely N-dealkylation sites (tertiary alicyclic amines) is 1. The summed E-state index contributed by atoms with van der Waals surface area (Å²) in [5, 5.41) is 0. The van der Waals surface area contributed by atoms with Crippen LogP contribution in [-0.4, -0.2) is 19.6 Å². The smallest absolute Gasteiger partial charge is 0.0773 e. The van der Waals surface area contributed by atoms with Gasteiger partial charge in [-0.15, -0.1) is 0 Å². The predicted molar refractivity (Wildman–Crippen MR) is 39.7 cm³/mol. The number of hydrogen-bond acceptors (Lipinski definition) is 0. The van der Waals surface area contributed by atoms with Crippen molar-refractivity contribution in [2.75, 3.05) is 19.6 Å². The highest BCUT2D eigenvalue weighted by Gasteiger charge is 2.13. The molecule has 0 amide bonds. The molecule has 1 aliphatic rings. The van der Waals surface area contributed by atoms with E-state index in [4.69, 9.17) is 0 Å². The molecule has 10 heavy (non-hydrogen) atoms. The quantitative estimate of drug-likeness (QED) is 0.449. The lowest BCUT2D eigenvalue weighted by Gasteiger charge is -2.09. The van der Waals surface area contributed by atoms with E-state index in [0.717, 1.165) is 0 Å². The van der Waals surface area contributed by atoms with Crippen LogP contribution < -0.4 is 9.60 Å². The van der Waals surface area contributed by atoms with Crippen molar-refractivity contribution in [2.45, 2.75) is 32.6 Å². The van der Waals surface area contributed by atoms with E-state index in [-0.39, 0.29) is 4.70 Å². The van der Waals surface area contributed by atoms with E-state index in [9.17, 15) is 0 Å². The van der Waals surface area contributed by atoms with Gasteiger partial charge in [-0.3, -0.25) is 0 Å². The maximum Gasteiger partial charge on any atom is 0.0773 e. The van der Waals surface area contributed by atoms with Gasteiger partial charge in [0, 0.05) is 12.8 Å². The molecule has 1 saturated heterocycles. The van der Waals surface area contributed by atoms with Crippen LogP contribution in [-0.2, 0) is 0 Å². The molecule has 0 radical (unpaired) electrons. The largest absolute Gasteiger partial charge is 1.00 e. The number of nitrogens with one attached hydrogen (secondary N) is 1. The monoisotopic (exact) mass is 147 g/mol. The van der Waals surface area contributed by atoms with Crippen LogP contribution in [0.15, 0.2) is 0 Å². The van der Waals surface area contributed by atoms with Crippen molar-refractivity contribution in [3.8, 4) is 0 Å². The molecule has 0 unspecified atom stereocenters. The van der Waals surface area contributed by atoms with Crippen molar-refractivity contribution in [1.29, 1.82) is 0 Å². The minimum absolute atomic E-state index is 0. The fraction of sp³-hybridized carbons (Fsp3) is 1.00. The minimum atomic E-state index is 0. The Hall–Kier alpha value is -0.110. The van der Waals surface area contributed by atoms with Crippen LogP contribution in [0.4, 0.5) is 0 Å². The zero-order chi connectivity index (χ0) is 6.53. The maximum atomic E-state index is 2.27. The van der Waals surface area contributed by atoms with Gasteiger partial charge in [-0.1, -0.05) is 13.3 Å². The average molecular weight is 147 g/mol. The van der Waals surface area contributed by atoms with E-state index in [0.29, 0.717) is 0 Å². The summed E-state index contributed by atoms with van der Waals surface area (Å²) in [6.45, 7) is 6.59. The molecule has 0 bridgehead atoms. The highest BCUT2D eigenvalue weighted by atomic mass is 19.0. The third-order valence-electron chi connectivity index (χ3n) is 2.19. The van der Waals surface area contributed by atoms with Crippen molar-refractivity contribution >= 4 is 0 Å². The predicted octanol–water partition coefficient (Wildman–Crippen LogP) is -2.53. The third kappa shape index (κ3) is 3.16. The van der Waals surface area contributed by atoms with Crippen LogP contribution in [0.3, 0.4) is 0 Å². The number of hydrogen-bond donors (Lipinski definition) is 1. The lowest BCUT2D eigenvalue weighted by Crippen LogP contribution is -3.09.